The molecule has 2 rings (SSSR count). The van der Waals surface area contributed by atoms with E-state index < -0.39 is 0 Å². The van der Waals surface area contributed by atoms with Crippen LogP contribution in [-0.4, -0.2) is 21.0 Å². The number of hydrogen-bond acceptors (Lipinski definition) is 4. The van der Waals surface area contributed by atoms with E-state index in [0.29, 0.717) is 6.54 Å². The van der Waals surface area contributed by atoms with E-state index in [1.807, 2.05) is 32.5 Å². The third-order valence-corrected chi connectivity index (χ3v) is 4.32. The van der Waals surface area contributed by atoms with Crippen molar-refractivity contribution in [1.82, 2.24) is 25.6 Å². The van der Waals surface area contributed by atoms with Crippen LogP contribution in [0.3, 0.4) is 0 Å². The maximum absolute atomic E-state index is 12.3. The van der Waals surface area contributed by atoms with E-state index in [4.69, 9.17) is 4.52 Å². The molecule has 7 nitrogen and oxygen atoms in total. The largest absolute Gasteiger partial charge is 0.361 e. The van der Waals surface area contributed by atoms with Gasteiger partial charge in [-0.2, -0.15) is 5.10 Å². The highest BCUT2D eigenvalue weighted by molar-refractivity contribution is 5.74. The van der Waals surface area contributed by atoms with Crippen molar-refractivity contribution in [2.24, 2.45) is 7.05 Å². The monoisotopic (exact) mass is 333 g/mol. The smallest absolute Gasteiger partial charge is 0.315 e. The quantitative estimate of drug-likeness (QED) is 0.851. The molecule has 2 heterocycles. The highest BCUT2D eigenvalue weighted by atomic mass is 16.5. The summed E-state index contributed by atoms with van der Waals surface area (Å²) in [6, 6.07) is -0.378. The second-order valence-electron chi connectivity index (χ2n) is 5.99. The van der Waals surface area contributed by atoms with Gasteiger partial charge >= 0.3 is 6.03 Å². The van der Waals surface area contributed by atoms with Crippen LogP contribution in [0, 0.1) is 13.8 Å². The number of nitrogens with one attached hydrogen (secondary N) is 2. The zero-order valence-corrected chi connectivity index (χ0v) is 15.4. The first-order chi connectivity index (χ1) is 11.4. The van der Waals surface area contributed by atoms with Gasteiger partial charge in [0.25, 0.3) is 0 Å². The molecule has 2 aromatic rings. The van der Waals surface area contributed by atoms with Crippen LogP contribution in [0.25, 0.3) is 0 Å². The number of aryl methyl sites for hydroxylation is 4. The molecule has 0 aromatic carbocycles. The number of rotatable bonds is 6. The van der Waals surface area contributed by atoms with Crippen molar-refractivity contribution in [2.75, 3.05) is 0 Å². The molecule has 0 aliphatic heterocycles. The lowest BCUT2D eigenvalue weighted by Crippen LogP contribution is -2.37. The molecule has 0 spiro atoms. The molecule has 132 valence electrons. The minimum Gasteiger partial charge on any atom is -0.361 e. The molecule has 7 heteroatoms. The van der Waals surface area contributed by atoms with Gasteiger partial charge in [0.1, 0.15) is 5.76 Å². The van der Waals surface area contributed by atoms with Crippen LogP contribution < -0.4 is 10.6 Å². The minimum absolute atomic E-state index is 0.165. The van der Waals surface area contributed by atoms with E-state index >= 15 is 0 Å². The van der Waals surface area contributed by atoms with Crippen molar-refractivity contribution in [3.05, 3.63) is 34.0 Å². The molecule has 0 saturated heterocycles. The van der Waals surface area contributed by atoms with Crippen LogP contribution in [0.5, 0.6) is 0 Å². The van der Waals surface area contributed by atoms with E-state index in [1.165, 1.54) is 0 Å². The second kappa shape index (κ2) is 7.51. The highest BCUT2D eigenvalue weighted by Gasteiger charge is 2.19. The molecule has 0 aliphatic rings. The van der Waals surface area contributed by atoms with Crippen LogP contribution in [0.1, 0.15) is 60.8 Å². The summed E-state index contributed by atoms with van der Waals surface area (Å²) in [7, 11) is 1.95. The average Bonchev–Trinajstić information content (AvgIpc) is 3.03. The maximum Gasteiger partial charge on any atom is 0.315 e. The summed E-state index contributed by atoms with van der Waals surface area (Å²) in [4.78, 5) is 12.3. The Morgan fingerprint density at radius 3 is 2.54 bits per heavy atom. The Kier molecular flexibility index (Phi) is 5.64. The molecule has 0 bridgehead atoms. The number of carbonyl (C=O) groups excluding carboxylic acids is 1. The fourth-order valence-electron chi connectivity index (χ4n) is 3.19. The first kappa shape index (κ1) is 18.0. The van der Waals surface area contributed by atoms with Crippen LogP contribution in [0.15, 0.2) is 4.52 Å². The van der Waals surface area contributed by atoms with E-state index in [9.17, 15) is 4.79 Å². The lowest BCUT2D eigenvalue weighted by atomic mass is 10.1. The van der Waals surface area contributed by atoms with Crippen LogP contribution >= 0.6 is 0 Å². The van der Waals surface area contributed by atoms with Gasteiger partial charge in [-0.15, -0.1) is 0 Å². The number of urea groups is 1. The Morgan fingerprint density at radius 1 is 1.29 bits per heavy atom. The van der Waals surface area contributed by atoms with Gasteiger partial charge in [-0.05, 0) is 33.6 Å². The minimum atomic E-state index is -0.213. The van der Waals surface area contributed by atoms with Crippen molar-refractivity contribution in [2.45, 2.75) is 60.0 Å². The predicted octanol–water partition coefficient (Wildman–Crippen LogP) is 2.71. The molecular weight excluding hydrogens is 306 g/mol. The Balaban J connectivity index is 2.01. The normalized spacial score (nSPS) is 12.2. The lowest BCUT2D eigenvalue weighted by Gasteiger charge is -2.15. The summed E-state index contributed by atoms with van der Waals surface area (Å²) in [6.07, 6.45) is 1.74. The van der Waals surface area contributed by atoms with E-state index in [2.05, 4.69) is 34.7 Å². The maximum atomic E-state index is 12.3. The van der Waals surface area contributed by atoms with E-state index in [1.54, 1.807) is 0 Å². The third-order valence-electron chi connectivity index (χ3n) is 4.32. The molecule has 2 amide bonds. The first-order valence-electron chi connectivity index (χ1n) is 8.39. The zero-order valence-electron chi connectivity index (χ0n) is 15.4. The molecule has 0 radical (unpaired) electrons. The van der Waals surface area contributed by atoms with Gasteiger partial charge in [0.2, 0.25) is 0 Å². The summed E-state index contributed by atoms with van der Waals surface area (Å²) < 4.78 is 7.06. The highest BCUT2D eigenvalue weighted by Crippen LogP contribution is 2.20. The summed E-state index contributed by atoms with van der Waals surface area (Å²) in [5.41, 5.74) is 5.03. The van der Waals surface area contributed by atoms with Gasteiger partial charge in [0.05, 0.1) is 17.4 Å². The molecule has 2 N–H and O–H groups in total. The van der Waals surface area contributed by atoms with Crippen molar-refractivity contribution >= 4 is 6.03 Å². The van der Waals surface area contributed by atoms with Crippen LogP contribution in [-0.2, 0) is 26.4 Å². The molecule has 0 unspecified atom stereocenters. The summed E-state index contributed by atoms with van der Waals surface area (Å²) in [5.74, 6) is 0.731. The first-order valence-corrected chi connectivity index (χ1v) is 8.39. The third kappa shape index (κ3) is 3.60. The standard InChI is InChI=1S/C17H27N5O2/c1-7-14-13(15(8-2)22(6)20-14)9-18-17(23)19-10(3)16-11(4)21-24-12(16)5/h10H,7-9H2,1-6H3,(H2,18,19,23)/t10-/m1/s1. The van der Waals surface area contributed by atoms with Crippen molar-refractivity contribution in [3.8, 4) is 0 Å². The van der Waals surface area contributed by atoms with E-state index in [-0.39, 0.29) is 12.1 Å². The molecule has 0 aliphatic carbocycles. The molecule has 24 heavy (non-hydrogen) atoms. The van der Waals surface area contributed by atoms with Crippen molar-refractivity contribution < 1.29 is 9.32 Å². The number of amides is 2. The molecule has 0 saturated carbocycles. The van der Waals surface area contributed by atoms with Crippen molar-refractivity contribution in [3.63, 3.8) is 0 Å². The Morgan fingerprint density at radius 2 is 2.00 bits per heavy atom. The number of nitrogens with zero attached hydrogens (tertiary/aromatic N) is 3. The predicted molar refractivity (Wildman–Crippen MR) is 91.7 cm³/mol. The summed E-state index contributed by atoms with van der Waals surface area (Å²) in [5, 5.41) is 14.3. The Labute approximate surface area is 142 Å². The topological polar surface area (TPSA) is 85.0 Å². The Bertz CT molecular complexity index is 697. The van der Waals surface area contributed by atoms with Crippen molar-refractivity contribution in [1.29, 1.82) is 0 Å². The van der Waals surface area contributed by atoms with Gasteiger partial charge in [-0.3, -0.25) is 4.68 Å². The van der Waals surface area contributed by atoms with Gasteiger partial charge in [0.15, 0.2) is 0 Å². The fourth-order valence-corrected chi connectivity index (χ4v) is 3.19. The summed E-state index contributed by atoms with van der Waals surface area (Å²) >= 11 is 0. The van der Waals surface area contributed by atoms with Gasteiger partial charge in [-0.1, -0.05) is 19.0 Å². The molecular formula is C17H27N5O2. The Hall–Kier alpha value is -2.31. The zero-order chi connectivity index (χ0) is 17.9. The van der Waals surface area contributed by atoms with Gasteiger partial charge in [-0.25, -0.2) is 4.79 Å². The SMILES string of the molecule is CCc1nn(C)c(CC)c1CNC(=O)N[C@H](C)c1c(C)noc1C. The molecule has 2 aromatic heterocycles. The van der Waals surface area contributed by atoms with Crippen LogP contribution in [0.2, 0.25) is 0 Å². The second-order valence-corrected chi connectivity index (χ2v) is 5.99. The lowest BCUT2D eigenvalue weighted by molar-refractivity contribution is 0.237. The molecule has 1 atom stereocenters. The van der Waals surface area contributed by atoms with Crippen LogP contribution in [0.4, 0.5) is 4.79 Å². The number of carbonyl (C=O) groups is 1. The molecule has 0 fully saturated rings. The fraction of sp³-hybridized carbons (Fsp3) is 0.588. The van der Waals surface area contributed by atoms with E-state index in [0.717, 1.165) is 46.8 Å². The summed E-state index contributed by atoms with van der Waals surface area (Å²) in [6.45, 7) is 10.3. The number of hydrogen-bond donors (Lipinski definition) is 2. The van der Waals surface area contributed by atoms with Gasteiger partial charge in [0, 0.05) is 30.4 Å². The average molecular weight is 333 g/mol. The number of aromatic nitrogens is 3. The van der Waals surface area contributed by atoms with Gasteiger partial charge < -0.3 is 15.2 Å².